The molecule has 6 heteroatoms. The van der Waals surface area contributed by atoms with Gasteiger partial charge in [0.2, 0.25) is 6.79 Å². The Balaban J connectivity index is 1.52. The first-order valence-corrected chi connectivity index (χ1v) is 8.09. The smallest absolute Gasteiger partial charge is 0.315 e. The van der Waals surface area contributed by atoms with Crippen LogP contribution in [0.5, 0.6) is 11.5 Å². The second-order valence-corrected chi connectivity index (χ2v) is 6.20. The number of urea groups is 1. The number of hydrogen-bond donors (Lipinski definition) is 2. The average Bonchev–Trinajstić information content (AvgIpc) is 3.01. The number of benzene rings is 2. The zero-order chi connectivity index (χ0) is 16.2. The van der Waals surface area contributed by atoms with Crippen LogP contribution in [0.1, 0.15) is 24.1 Å². The normalized spacial score (nSPS) is 13.5. The molecule has 0 spiro atoms. The Morgan fingerprint density at radius 1 is 1.17 bits per heavy atom. The van der Waals surface area contributed by atoms with E-state index in [4.69, 9.17) is 9.47 Å². The van der Waals surface area contributed by atoms with Gasteiger partial charge in [0, 0.05) is 11.0 Å². The fourth-order valence-corrected chi connectivity index (χ4v) is 2.58. The third-order valence-corrected chi connectivity index (χ3v) is 4.14. The number of hydrogen-bond acceptors (Lipinski definition) is 3. The number of nitrogens with one attached hydrogen (secondary N) is 2. The van der Waals surface area contributed by atoms with Crippen LogP contribution >= 0.6 is 15.9 Å². The molecular formula is C17H17BrN2O3. The van der Waals surface area contributed by atoms with E-state index in [2.05, 4.69) is 26.6 Å². The maximum atomic E-state index is 12.0. The summed E-state index contributed by atoms with van der Waals surface area (Å²) < 4.78 is 11.6. The summed E-state index contributed by atoms with van der Waals surface area (Å²) in [6.07, 6.45) is 0. The van der Waals surface area contributed by atoms with Gasteiger partial charge in [-0.05, 0) is 42.3 Å². The van der Waals surface area contributed by atoms with Gasteiger partial charge in [-0.3, -0.25) is 0 Å². The van der Waals surface area contributed by atoms with Crippen molar-refractivity contribution in [3.8, 4) is 11.5 Å². The van der Waals surface area contributed by atoms with Crippen LogP contribution in [0.15, 0.2) is 46.9 Å². The van der Waals surface area contributed by atoms with Crippen LogP contribution in [-0.4, -0.2) is 12.8 Å². The van der Waals surface area contributed by atoms with Crippen LogP contribution in [0, 0.1) is 0 Å². The molecule has 1 heterocycles. The molecule has 2 aromatic rings. The standard InChI is InChI=1S/C17H17BrN2O3/c1-11(13-3-5-14(18)6-4-13)20-17(21)19-9-12-2-7-15-16(8-12)23-10-22-15/h2-8,11H,9-10H2,1H3,(H2,19,20,21). The van der Waals surface area contributed by atoms with Gasteiger partial charge in [-0.25, -0.2) is 4.79 Å². The molecule has 0 fully saturated rings. The minimum absolute atomic E-state index is 0.0696. The molecule has 1 aliphatic heterocycles. The second-order valence-electron chi connectivity index (χ2n) is 5.29. The quantitative estimate of drug-likeness (QED) is 0.854. The third kappa shape index (κ3) is 3.96. The summed E-state index contributed by atoms with van der Waals surface area (Å²) in [7, 11) is 0. The van der Waals surface area contributed by atoms with Crippen molar-refractivity contribution in [3.63, 3.8) is 0 Å². The van der Waals surface area contributed by atoms with Crippen molar-refractivity contribution in [1.29, 1.82) is 0 Å². The van der Waals surface area contributed by atoms with Gasteiger partial charge in [0.15, 0.2) is 11.5 Å². The number of halogens is 1. The fourth-order valence-electron chi connectivity index (χ4n) is 2.32. The Morgan fingerprint density at radius 2 is 1.91 bits per heavy atom. The van der Waals surface area contributed by atoms with Crippen molar-refractivity contribution in [2.24, 2.45) is 0 Å². The molecule has 1 aliphatic rings. The summed E-state index contributed by atoms with van der Waals surface area (Å²) >= 11 is 3.40. The van der Waals surface area contributed by atoms with Crippen LogP contribution in [0.2, 0.25) is 0 Å². The van der Waals surface area contributed by atoms with E-state index < -0.39 is 0 Å². The Kier molecular flexibility index (Phi) is 4.71. The van der Waals surface area contributed by atoms with Crippen LogP contribution in [0.4, 0.5) is 4.79 Å². The number of carbonyl (C=O) groups is 1. The number of rotatable bonds is 4. The molecule has 2 aromatic carbocycles. The lowest BCUT2D eigenvalue weighted by Gasteiger charge is -2.15. The maximum Gasteiger partial charge on any atom is 0.315 e. The van der Waals surface area contributed by atoms with E-state index in [-0.39, 0.29) is 18.9 Å². The van der Waals surface area contributed by atoms with E-state index in [0.717, 1.165) is 21.3 Å². The molecule has 23 heavy (non-hydrogen) atoms. The SMILES string of the molecule is CC(NC(=O)NCc1ccc2c(c1)OCO2)c1ccc(Br)cc1. The van der Waals surface area contributed by atoms with E-state index in [0.29, 0.717) is 12.3 Å². The van der Waals surface area contributed by atoms with Crippen molar-refractivity contribution in [2.45, 2.75) is 19.5 Å². The summed E-state index contributed by atoms with van der Waals surface area (Å²) in [5.74, 6) is 1.45. The Labute approximate surface area is 143 Å². The van der Waals surface area contributed by atoms with Gasteiger partial charge < -0.3 is 20.1 Å². The second kappa shape index (κ2) is 6.91. The Morgan fingerprint density at radius 3 is 2.70 bits per heavy atom. The van der Waals surface area contributed by atoms with Gasteiger partial charge in [-0.1, -0.05) is 34.1 Å². The molecule has 0 saturated carbocycles. The first-order valence-electron chi connectivity index (χ1n) is 7.30. The fraction of sp³-hybridized carbons (Fsp3) is 0.235. The highest BCUT2D eigenvalue weighted by molar-refractivity contribution is 9.10. The van der Waals surface area contributed by atoms with Crippen molar-refractivity contribution < 1.29 is 14.3 Å². The highest BCUT2D eigenvalue weighted by Gasteiger charge is 2.14. The van der Waals surface area contributed by atoms with Crippen molar-refractivity contribution in [1.82, 2.24) is 10.6 Å². The van der Waals surface area contributed by atoms with Gasteiger partial charge in [-0.2, -0.15) is 0 Å². The molecule has 2 N–H and O–H groups in total. The highest BCUT2D eigenvalue weighted by Crippen LogP contribution is 2.32. The number of ether oxygens (including phenoxy) is 2. The van der Waals surface area contributed by atoms with Crippen LogP contribution in [-0.2, 0) is 6.54 Å². The summed E-state index contributed by atoms with van der Waals surface area (Å²) in [5.41, 5.74) is 2.01. The predicted octanol–water partition coefficient (Wildman–Crippen LogP) is 3.74. The Bertz CT molecular complexity index is 703. The largest absolute Gasteiger partial charge is 0.454 e. The van der Waals surface area contributed by atoms with Crippen LogP contribution in [0.25, 0.3) is 0 Å². The summed E-state index contributed by atoms with van der Waals surface area (Å²) in [6, 6.07) is 13.2. The maximum absolute atomic E-state index is 12.0. The first-order chi connectivity index (χ1) is 11.1. The minimum atomic E-state index is -0.210. The van der Waals surface area contributed by atoms with Crippen molar-refractivity contribution >= 4 is 22.0 Å². The molecule has 5 nitrogen and oxygen atoms in total. The molecule has 0 radical (unpaired) electrons. The molecule has 2 amide bonds. The lowest BCUT2D eigenvalue weighted by molar-refractivity contribution is 0.174. The topological polar surface area (TPSA) is 59.6 Å². The molecule has 1 atom stereocenters. The highest BCUT2D eigenvalue weighted by atomic mass is 79.9. The van der Waals surface area contributed by atoms with E-state index in [1.807, 2.05) is 49.4 Å². The molecule has 1 unspecified atom stereocenters. The predicted molar refractivity (Wildman–Crippen MR) is 90.5 cm³/mol. The van der Waals surface area contributed by atoms with Gasteiger partial charge in [0.05, 0.1) is 6.04 Å². The number of carbonyl (C=O) groups excluding carboxylic acids is 1. The molecule has 0 aromatic heterocycles. The molecular weight excluding hydrogens is 360 g/mol. The average molecular weight is 377 g/mol. The van der Waals surface area contributed by atoms with E-state index in [1.54, 1.807) is 0 Å². The third-order valence-electron chi connectivity index (χ3n) is 3.61. The summed E-state index contributed by atoms with van der Waals surface area (Å²) in [6.45, 7) is 2.62. The van der Waals surface area contributed by atoms with E-state index in [9.17, 15) is 4.79 Å². The molecule has 0 aliphatic carbocycles. The lowest BCUT2D eigenvalue weighted by atomic mass is 10.1. The van der Waals surface area contributed by atoms with Crippen LogP contribution in [0.3, 0.4) is 0 Å². The lowest BCUT2D eigenvalue weighted by Crippen LogP contribution is -2.36. The van der Waals surface area contributed by atoms with Gasteiger partial charge >= 0.3 is 6.03 Å². The number of amides is 2. The molecule has 120 valence electrons. The summed E-state index contributed by atoms with van der Waals surface area (Å²) in [4.78, 5) is 12.0. The van der Waals surface area contributed by atoms with Crippen molar-refractivity contribution in [3.05, 3.63) is 58.1 Å². The minimum Gasteiger partial charge on any atom is -0.454 e. The molecule has 3 rings (SSSR count). The van der Waals surface area contributed by atoms with E-state index in [1.165, 1.54) is 0 Å². The summed E-state index contributed by atoms with van der Waals surface area (Å²) in [5, 5.41) is 5.76. The van der Waals surface area contributed by atoms with Gasteiger partial charge in [0.25, 0.3) is 0 Å². The zero-order valence-corrected chi connectivity index (χ0v) is 14.2. The first kappa shape index (κ1) is 15.7. The Hall–Kier alpha value is -2.21. The van der Waals surface area contributed by atoms with Crippen molar-refractivity contribution in [2.75, 3.05) is 6.79 Å². The molecule has 0 saturated heterocycles. The zero-order valence-electron chi connectivity index (χ0n) is 12.6. The van der Waals surface area contributed by atoms with E-state index >= 15 is 0 Å². The monoisotopic (exact) mass is 376 g/mol. The molecule has 0 bridgehead atoms. The van der Waals surface area contributed by atoms with Gasteiger partial charge in [-0.15, -0.1) is 0 Å². The van der Waals surface area contributed by atoms with Crippen LogP contribution < -0.4 is 20.1 Å². The van der Waals surface area contributed by atoms with Gasteiger partial charge in [0.1, 0.15) is 0 Å². The number of fused-ring (bicyclic) bond motifs is 1.